The van der Waals surface area contributed by atoms with Crippen molar-refractivity contribution in [2.24, 2.45) is 0 Å². The van der Waals surface area contributed by atoms with Gasteiger partial charge in [0.1, 0.15) is 5.82 Å². The average molecular weight is 452 g/mol. The minimum absolute atomic E-state index is 0.0641. The lowest BCUT2D eigenvalue weighted by atomic mass is 9.99. The van der Waals surface area contributed by atoms with E-state index in [1.807, 2.05) is 18.2 Å². The third-order valence-corrected chi connectivity index (χ3v) is 15.5. The van der Waals surface area contributed by atoms with Crippen LogP contribution in [0.25, 0.3) is 0 Å². The summed E-state index contributed by atoms with van der Waals surface area (Å²) in [6.07, 6.45) is 5.44. The molecule has 5 rings (SSSR count). The van der Waals surface area contributed by atoms with Crippen LogP contribution in [0.5, 0.6) is 0 Å². The summed E-state index contributed by atoms with van der Waals surface area (Å²) in [7, 11) is -1.45. The average Bonchev–Trinajstić information content (AvgIpc) is 2.82. The molecule has 3 aromatic carbocycles. The molecule has 4 atom stereocenters. The van der Waals surface area contributed by atoms with Crippen LogP contribution in [-0.2, 0) is 0 Å². The van der Waals surface area contributed by atoms with Gasteiger partial charge in [-0.25, -0.2) is 4.39 Å². The summed E-state index contributed by atoms with van der Waals surface area (Å²) < 4.78 is 15.2. The van der Waals surface area contributed by atoms with Crippen molar-refractivity contribution < 1.29 is 4.39 Å². The van der Waals surface area contributed by atoms with Gasteiger partial charge >= 0.3 is 0 Å². The van der Waals surface area contributed by atoms with E-state index in [2.05, 4.69) is 61.9 Å². The van der Waals surface area contributed by atoms with E-state index in [-0.39, 0.29) is 21.7 Å². The molecule has 0 saturated heterocycles. The van der Waals surface area contributed by atoms with Crippen LogP contribution in [0.3, 0.4) is 0 Å². The molecule has 1 aliphatic carbocycles. The Morgan fingerprint density at radius 2 is 1.00 bits per heavy atom. The number of halogens is 1. The predicted molar refractivity (Wildman–Crippen MR) is 136 cm³/mol. The maximum atomic E-state index is 15.2. The number of fused-ring (bicyclic) bond motifs is 3. The summed E-state index contributed by atoms with van der Waals surface area (Å²) in [6, 6.07) is 25.5. The zero-order valence-corrected chi connectivity index (χ0v) is 20.3. The van der Waals surface area contributed by atoms with Gasteiger partial charge in [-0.1, -0.05) is 95.4 Å². The Morgan fingerprint density at radius 3 is 1.47 bits per heavy atom. The van der Waals surface area contributed by atoms with E-state index in [1.165, 1.54) is 46.9 Å². The zero-order chi connectivity index (χ0) is 20.7. The van der Waals surface area contributed by atoms with Crippen LogP contribution in [0.1, 0.15) is 25.7 Å². The minimum Gasteiger partial charge on any atom is -0.206 e. The van der Waals surface area contributed by atoms with E-state index in [9.17, 15) is 0 Å². The van der Waals surface area contributed by atoms with Crippen molar-refractivity contribution in [3.8, 4) is 0 Å². The molecule has 2 aliphatic rings. The number of hydrogen-bond donors (Lipinski definition) is 0. The molecule has 30 heavy (non-hydrogen) atoms. The number of benzene rings is 3. The highest BCUT2D eigenvalue weighted by atomic mass is 31.1. The van der Waals surface area contributed by atoms with Crippen LogP contribution in [0.2, 0.25) is 0 Å². The van der Waals surface area contributed by atoms with Crippen molar-refractivity contribution >= 4 is 50.3 Å². The van der Waals surface area contributed by atoms with Crippen LogP contribution in [0.4, 0.5) is 4.39 Å². The molecular formula is C26H28FP3. The molecule has 0 radical (unpaired) electrons. The van der Waals surface area contributed by atoms with Gasteiger partial charge in [-0.05, 0) is 72.7 Å². The number of rotatable bonds is 1. The molecule has 0 N–H and O–H groups in total. The molecule has 0 bridgehead atoms. The van der Waals surface area contributed by atoms with Gasteiger partial charge in [0.25, 0.3) is 0 Å². The van der Waals surface area contributed by atoms with Crippen molar-refractivity contribution in [3.63, 3.8) is 0 Å². The standard InChI is InChI=1S/C26H28FP3/c1-28-21-13-5-6-14-22(21)29(2)24-16-8-10-18-26(24)30(20-12-4-3-11-19(20)27)25-17-9-7-15-23(25)28/h3-4,7-12,15-18,21-22H,5-6,13-14H2,1-2H3/t21-,22-,28?,29?,30?/m0/s1. The molecule has 2 unspecified atom stereocenters. The van der Waals surface area contributed by atoms with Crippen LogP contribution >= 0.6 is 23.8 Å². The summed E-state index contributed by atoms with van der Waals surface area (Å²) in [6.45, 7) is 5.01. The summed E-state index contributed by atoms with van der Waals surface area (Å²) in [5, 5.41) is 6.67. The highest BCUT2D eigenvalue weighted by molar-refractivity contribution is 7.84. The van der Waals surface area contributed by atoms with Gasteiger partial charge in [-0.2, -0.15) is 0 Å². The highest BCUT2D eigenvalue weighted by Gasteiger charge is 2.38. The normalized spacial score (nSPS) is 28.3. The number of hydrogen-bond acceptors (Lipinski definition) is 0. The zero-order valence-electron chi connectivity index (χ0n) is 17.6. The van der Waals surface area contributed by atoms with Crippen molar-refractivity contribution in [2.45, 2.75) is 37.0 Å². The quantitative estimate of drug-likeness (QED) is 0.435. The first-order valence-corrected chi connectivity index (χ1v) is 15.9. The third-order valence-electron chi connectivity index (χ3n) is 6.79. The van der Waals surface area contributed by atoms with E-state index >= 15 is 4.39 Å². The first-order valence-electron chi connectivity index (χ1n) is 10.8. The van der Waals surface area contributed by atoms with Gasteiger partial charge in [-0.15, -0.1) is 0 Å². The topological polar surface area (TPSA) is 0 Å². The summed E-state index contributed by atoms with van der Waals surface area (Å²) >= 11 is 0. The molecule has 0 aromatic heterocycles. The van der Waals surface area contributed by atoms with Crippen molar-refractivity contribution in [3.05, 3.63) is 78.6 Å². The van der Waals surface area contributed by atoms with Crippen LogP contribution in [0.15, 0.2) is 72.8 Å². The lowest BCUT2D eigenvalue weighted by molar-refractivity contribution is 0.520. The Balaban J connectivity index is 1.82. The molecule has 1 aliphatic heterocycles. The molecule has 0 spiro atoms. The monoisotopic (exact) mass is 452 g/mol. The lowest BCUT2D eigenvalue weighted by Gasteiger charge is -2.39. The van der Waals surface area contributed by atoms with Gasteiger partial charge in [0, 0.05) is 5.30 Å². The second kappa shape index (κ2) is 8.79. The van der Waals surface area contributed by atoms with E-state index in [1.54, 1.807) is 6.07 Å². The second-order valence-corrected chi connectivity index (χ2v) is 15.3. The van der Waals surface area contributed by atoms with E-state index in [0.717, 1.165) is 16.6 Å². The van der Waals surface area contributed by atoms with Gasteiger partial charge in [-0.3, -0.25) is 0 Å². The van der Waals surface area contributed by atoms with Crippen LogP contribution in [-0.4, -0.2) is 24.6 Å². The maximum Gasteiger partial charge on any atom is 0.131 e. The largest absolute Gasteiger partial charge is 0.206 e. The summed E-state index contributed by atoms with van der Waals surface area (Å²) in [5.74, 6) is -0.0641. The predicted octanol–water partition coefficient (Wildman–Crippen LogP) is 5.38. The molecule has 154 valence electrons. The smallest absolute Gasteiger partial charge is 0.131 e. The fraction of sp³-hybridized carbons (Fsp3) is 0.308. The fourth-order valence-electron chi connectivity index (χ4n) is 5.28. The van der Waals surface area contributed by atoms with Crippen LogP contribution < -0.4 is 26.5 Å². The van der Waals surface area contributed by atoms with Crippen molar-refractivity contribution in [1.82, 2.24) is 0 Å². The molecule has 0 nitrogen and oxygen atoms in total. The van der Waals surface area contributed by atoms with E-state index < -0.39 is 7.92 Å². The minimum atomic E-state index is -0.904. The van der Waals surface area contributed by atoms with Gasteiger partial charge in [0.15, 0.2) is 0 Å². The van der Waals surface area contributed by atoms with Crippen molar-refractivity contribution in [2.75, 3.05) is 13.3 Å². The van der Waals surface area contributed by atoms with Crippen LogP contribution in [0, 0.1) is 5.82 Å². The summed E-state index contributed by atoms with van der Waals surface area (Å²) in [5.41, 5.74) is 1.57. The Kier molecular flexibility index (Phi) is 6.08. The molecule has 1 heterocycles. The molecule has 1 fully saturated rings. The maximum absolute atomic E-state index is 15.2. The van der Waals surface area contributed by atoms with Gasteiger partial charge < -0.3 is 0 Å². The van der Waals surface area contributed by atoms with E-state index in [4.69, 9.17) is 0 Å². The SMILES string of the molecule is CP1c2ccccc2P(c2ccccc2F)c2ccccc2P(C)[C@H]2CCCC[C@@H]21. The van der Waals surface area contributed by atoms with E-state index in [0.29, 0.717) is 0 Å². The molecule has 3 aromatic rings. The van der Waals surface area contributed by atoms with Crippen molar-refractivity contribution in [1.29, 1.82) is 0 Å². The Labute approximate surface area is 183 Å². The van der Waals surface area contributed by atoms with Gasteiger partial charge in [0.05, 0.1) is 0 Å². The first-order chi connectivity index (χ1) is 14.7. The third kappa shape index (κ3) is 3.58. The molecule has 1 saturated carbocycles. The highest BCUT2D eigenvalue weighted by Crippen LogP contribution is 2.56. The second-order valence-electron chi connectivity index (χ2n) is 8.41. The molecule has 0 amide bonds. The Hall–Kier alpha value is -1.12. The first kappa shape index (κ1) is 20.8. The molecular weight excluding hydrogens is 424 g/mol. The fourth-order valence-corrected chi connectivity index (χ4v) is 15.1. The summed E-state index contributed by atoms with van der Waals surface area (Å²) in [4.78, 5) is 0. The molecule has 4 heteroatoms. The lowest BCUT2D eigenvalue weighted by Crippen LogP contribution is -2.35. The Bertz CT molecular complexity index is 988. The Morgan fingerprint density at radius 1 is 0.600 bits per heavy atom. The van der Waals surface area contributed by atoms with Gasteiger partial charge in [0.2, 0.25) is 0 Å².